The summed E-state index contributed by atoms with van der Waals surface area (Å²) in [6, 6.07) is 17.9. The number of fused-ring (bicyclic) bond motifs is 1. The SMILES string of the molecule is CNCCC(Oc1ccc(CN2CCc3ccccc3C2)c(F)c1)c1cccs1. The number of rotatable bonds is 8. The highest BCUT2D eigenvalue weighted by Gasteiger charge is 2.19. The summed E-state index contributed by atoms with van der Waals surface area (Å²) in [6.45, 7) is 3.30. The molecule has 4 rings (SSSR count). The fourth-order valence-electron chi connectivity index (χ4n) is 3.83. The monoisotopic (exact) mass is 410 g/mol. The van der Waals surface area contributed by atoms with E-state index in [0.29, 0.717) is 12.3 Å². The van der Waals surface area contributed by atoms with Gasteiger partial charge < -0.3 is 10.1 Å². The zero-order valence-electron chi connectivity index (χ0n) is 16.7. The van der Waals surface area contributed by atoms with Gasteiger partial charge in [-0.1, -0.05) is 36.4 Å². The van der Waals surface area contributed by atoms with E-state index in [1.807, 2.05) is 30.6 Å². The van der Waals surface area contributed by atoms with Crippen LogP contribution in [-0.2, 0) is 19.5 Å². The van der Waals surface area contributed by atoms with Gasteiger partial charge in [-0.3, -0.25) is 4.90 Å². The predicted molar refractivity (Wildman–Crippen MR) is 117 cm³/mol. The van der Waals surface area contributed by atoms with Crippen molar-refractivity contribution in [2.75, 3.05) is 20.1 Å². The molecule has 1 atom stereocenters. The van der Waals surface area contributed by atoms with Crippen LogP contribution in [0.3, 0.4) is 0 Å². The van der Waals surface area contributed by atoms with Crippen molar-refractivity contribution in [3.8, 4) is 5.75 Å². The van der Waals surface area contributed by atoms with Crippen LogP contribution in [-0.4, -0.2) is 25.0 Å². The highest BCUT2D eigenvalue weighted by atomic mass is 32.1. The van der Waals surface area contributed by atoms with Crippen LogP contribution >= 0.6 is 11.3 Å². The minimum Gasteiger partial charge on any atom is -0.485 e. The van der Waals surface area contributed by atoms with Gasteiger partial charge in [-0.15, -0.1) is 11.3 Å². The van der Waals surface area contributed by atoms with Crippen LogP contribution in [0, 0.1) is 5.82 Å². The Morgan fingerprint density at radius 1 is 1.14 bits per heavy atom. The molecule has 2 heterocycles. The standard InChI is InChI=1S/C24H27FN2OS/c1-26-12-10-23(24-7-4-14-29-24)28-21-9-8-20(22(25)15-21)17-27-13-11-18-5-2-3-6-19(18)16-27/h2-9,14-15,23,26H,10-13,16-17H2,1H3. The molecule has 0 bridgehead atoms. The zero-order chi connectivity index (χ0) is 20.1. The summed E-state index contributed by atoms with van der Waals surface area (Å²) in [5.41, 5.74) is 3.48. The van der Waals surface area contributed by atoms with E-state index in [4.69, 9.17) is 4.74 Å². The molecule has 1 N–H and O–H groups in total. The fourth-order valence-corrected chi connectivity index (χ4v) is 4.62. The van der Waals surface area contributed by atoms with Gasteiger partial charge in [0, 0.05) is 42.6 Å². The first kappa shape index (κ1) is 20.1. The minimum absolute atomic E-state index is 0.0636. The van der Waals surface area contributed by atoms with Gasteiger partial charge in [0.15, 0.2) is 0 Å². The van der Waals surface area contributed by atoms with Gasteiger partial charge in [-0.05, 0) is 48.7 Å². The Bertz CT molecular complexity index is 928. The van der Waals surface area contributed by atoms with Crippen LogP contribution < -0.4 is 10.1 Å². The third-order valence-corrected chi connectivity index (χ3v) is 6.39. The molecule has 0 radical (unpaired) electrons. The van der Waals surface area contributed by atoms with Crippen LogP contribution in [0.5, 0.6) is 5.75 Å². The second-order valence-electron chi connectivity index (χ2n) is 7.50. The summed E-state index contributed by atoms with van der Waals surface area (Å²) in [7, 11) is 1.93. The molecule has 1 unspecified atom stereocenters. The molecule has 0 saturated carbocycles. The Hall–Kier alpha value is -2.21. The van der Waals surface area contributed by atoms with E-state index >= 15 is 0 Å². The zero-order valence-corrected chi connectivity index (χ0v) is 17.6. The van der Waals surface area contributed by atoms with Crippen molar-refractivity contribution in [2.24, 2.45) is 0 Å². The van der Waals surface area contributed by atoms with Crippen LogP contribution in [0.4, 0.5) is 4.39 Å². The number of benzene rings is 2. The Morgan fingerprint density at radius 2 is 2.00 bits per heavy atom. The Labute approximate surface area is 176 Å². The van der Waals surface area contributed by atoms with Gasteiger partial charge in [-0.25, -0.2) is 4.39 Å². The van der Waals surface area contributed by atoms with Crippen LogP contribution in [0.15, 0.2) is 60.0 Å². The molecule has 29 heavy (non-hydrogen) atoms. The molecule has 1 aliphatic rings. The van der Waals surface area contributed by atoms with E-state index in [1.54, 1.807) is 11.3 Å². The average molecular weight is 411 g/mol. The summed E-state index contributed by atoms with van der Waals surface area (Å²) in [4.78, 5) is 3.47. The van der Waals surface area contributed by atoms with Crippen molar-refractivity contribution in [3.63, 3.8) is 0 Å². The number of thiophene rings is 1. The second kappa shape index (κ2) is 9.53. The number of nitrogens with zero attached hydrogens (tertiary/aromatic N) is 1. The van der Waals surface area contributed by atoms with E-state index in [2.05, 4.69) is 40.5 Å². The van der Waals surface area contributed by atoms with Crippen LogP contribution in [0.1, 0.15) is 34.1 Å². The third kappa shape index (κ3) is 5.04. The van der Waals surface area contributed by atoms with E-state index in [-0.39, 0.29) is 11.9 Å². The van der Waals surface area contributed by atoms with Gasteiger partial charge in [0.25, 0.3) is 0 Å². The number of ether oxygens (including phenoxy) is 1. The highest BCUT2D eigenvalue weighted by molar-refractivity contribution is 7.10. The topological polar surface area (TPSA) is 24.5 Å². The van der Waals surface area contributed by atoms with Crippen LogP contribution in [0.25, 0.3) is 0 Å². The quantitative estimate of drug-likeness (QED) is 0.554. The maximum atomic E-state index is 14.8. The third-order valence-electron chi connectivity index (χ3n) is 5.42. The molecule has 0 saturated heterocycles. The van der Waals surface area contributed by atoms with E-state index in [0.717, 1.165) is 42.9 Å². The molecule has 0 aliphatic carbocycles. The lowest BCUT2D eigenvalue weighted by atomic mass is 9.99. The highest BCUT2D eigenvalue weighted by Crippen LogP contribution is 2.29. The van der Waals surface area contributed by atoms with Gasteiger partial charge in [0.2, 0.25) is 0 Å². The Balaban J connectivity index is 1.42. The predicted octanol–water partition coefficient (Wildman–Crippen LogP) is 5.18. The molecule has 2 aromatic carbocycles. The molecule has 1 aromatic heterocycles. The maximum absolute atomic E-state index is 14.8. The summed E-state index contributed by atoms with van der Waals surface area (Å²) < 4.78 is 21.0. The molecule has 0 amide bonds. The molecule has 3 nitrogen and oxygen atoms in total. The van der Waals surface area contributed by atoms with Crippen molar-refractivity contribution in [1.29, 1.82) is 0 Å². The number of hydrogen-bond acceptors (Lipinski definition) is 4. The van der Waals surface area contributed by atoms with Gasteiger partial charge in [-0.2, -0.15) is 0 Å². The van der Waals surface area contributed by atoms with Crippen molar-refractivity contribution in [3.05, 3.63) is 87.4 Å². The lowest BCUT2D eigenvalue weighted by Crippen LogP contribution is -2.30. The van der Waals surface area contributed by atoms with Crippen molar-refractivity contribution in [1.82, 2.24) is 10.2 Å². The van der Waals surface area contributed by atoms with Gasteiger partial charge in [0.05, 0.1) is 0 Å². The normalized spacial score (nSPS) is 15.1. The molecule has 5 heteroatoms. The molecular weight excluding hydrogens is 383 g/mol. The van der Waals surface area contributed by atoms with Gasteiger partial charge in [0.1, 0.15) is 17.7 Å². The minimum atomic E-state index is -0.195. The second-order valence-corrected chi connectivity index (χ2v) is 8.48. The summed E-state index contributed by atoms with van der Waals surface area (Å²) in [5, 5.41) is 5.21. The largest absolute Gasteiger partial charge is 0.485 e. The molecule has 152 valence electrons. The summed E-state index contributed by atoms with van der Waals surface area (Å²) in [6.07, 6.45) is 1.80. The molecule has 3 aromatic rings. The van der Waals surface area contributed by atoms with E-state index in [1.165, 1.54) is 17.2 Å². The molecule has 0 spiro atoms. The number of hydrogen-bond donors (Lipinski definition) is 1. The first-order valence-electron chi connectivity index (χ1n) is 10.1. The molecule has 0 fully saturated rings. The van der Waals surface area contributed by atoms with E-state index < -0.39 is 0 Å². The summed E-state index contributed by atoms with van der Waals surface area (Å²) in [5.74, 6) is 0.393. The van der Waals surface area contributed by atoms with Crippen molar-refractivity contribution < 1.29 is 9.13 Å². The lowest BCUT2D eigenvalue weighted by Gasteiger charge is -2.29. The Morgan fingerprint density at radius 3 is 2.76 bits per heavy atom. The van der Waals surface area contributed by atoms with Crippen LogP contribution in [0.2, 0.25) is 0 Å². The Kier molecular flexibility index (Phi) is 6.60. The fraction of sp³-hybridized carbons (Fsp3) is 0.333. The number of halogens is 1. The lowest BCUT2D eigenvalue weighted by molar-refractivity contribution is 0.197. The average Bonchev–Trinajstić information content (AvgIpc) is 3.28. The maximum Gasteiger partial charge on any atom is 0.134 e. The molecular formula is C24H27FN2OS. The number of nitrogens with one attached hydrogen (secondary N) is 1. The van der Waals surface area contributed by atoms with Crippen molar-refractivity contribution >= 4 is 11.3 Å². The van der Waals surface area contributed by atoms with Gasteiger partial charge >= 0.3 is 0 Å². The smallest absolute Gasteiger partial charge is 0.134 e. The van der Waals surface area contributed by atoms with Crippen molar-refractivity contribution in [2.45, 2.75) is 32.0 Å². The molecule has 1 aliphatic heterocycles. The van der Waals surface area contributed by atoms with E-state index in [9.17, 15) is 4.39 Å². The first-order chi connectivity index (χ1) is 14.2. The first-order valence-corrected chi connectivity index (χ1v) is 11.0. The summed E-state index contributed by atoms with van der Waals surface area (Å²) >= 11 is 1.67.